The molecule has 0 spiro atoms. The molecule has 1 aliphatic rings. The maximum Gasteiger partial charge on any atom is 0.161 e. The highest BCUT2D eigenvalue weighted by molar-refractivity contribution is 5.61. The lowest BCUT2D eigenvalue weighted by molar-refractivity contribution is 0.0365. The predicted octanol–water partition coefficient (Wildman–Crippen LogP) is 3.48. The average molecular weight is 447 g/mol. The van der Waals surface area contributed by atoms with Crippen molar-refractivity contribution in [1.29, 1.82) is 0 Å². The Morgan fingerprint density at radius 1 is 0.939 bits per heavy atom. The van der Waals surface area contributed by atoms with Crippen molar-refractivity contribution < 1.29 is 9.84 Å². The van der Waals surface area contributed by atoms with Gasteiger partial charge in [0.2, 0.25) is 0 Å². The zero-order valence-corrected chi connectivity index (χ0v) is 19.9. The van der Waals surface area contributed by atoms with Crippen molar-refractivity contribution >= 4 is 5.82 Å². The number of anilines is 1. The number of aliphatic hydroxyl groups excluding tert-OH is 1. The second-order valence-electron chi connectivity index (χ2n) is 8.86. The molecule has 1 aliphatic heterocycles. The first-order chi connectivity index (χ1) is 16.0. The van der Waals surface area contributed by atoms with Gasteiger partial charge in [0.25, 0.3) is 0 Å². The molecule has 0 radical (unpaired) electrons. The lowest BCUT2D eigenvalue weighted by Gasteiger charge is -2.37. The van der Waals surface area contributed by atoms with Crippen LogP contribution in [0.4, 0.5) is 5.82 Å². The van der Waals surface area contributed by atoms with Gasteiger partial charge in [0.05, 0.1) is 12.7 Å². The number of β-amino-alcohol motifs (C(OH)–C–C–N with tert-alkyl or cyclic N) is 1. The number of aryl methyl sites for hydroxylation is 2. The summed E-state index contributed by atoms with van der Waals surface area (Å²) in [6.07, 6.45) is 0.355. The van der Waals surface area contributed by atoms with Crippen LogP contribution >= 0.6 is 0 Å². The Morgan fingerprint density at radius 3 is 2.30 bits per heavy atom. The molecule has 6 heteroatoms. The third-order valence-electron chi connectivity index (χ3n) is 6.23. The highest BCUT2D eigenvalue weighted by atomic mass is 16.5. The highest BCUT2D eigenvalue weighted by Gasteiger charge is 2.24. The van der Waals surface area contributed by atoms with Gasteiger partial charge >= 0.3 is 0 Å². The molecule has 1 N–H and O–H groups in total. The fourth-order valence-corrected chi connectivity index (χ4v) is 4.36. The minimum absolute atomic E-state index is 0.368. The van der Waals surface area contributed by atoms with E-state index in [0.717, 1.165) is 55.5 Å². The Bertz CT molecular complexity index is 1030. The quantitative estimate of drug-likeness (QED) is 0.572. The van der Waals surface area contributed by atoms with Gasteiger partial charge in [-0.15, -0.1) is 0 Å². The van der Waals surface area contributed by atoms with E-state index < -0.39 is 6.10 Å². The fourth-order valence-electron chi connectivity index (χ4n) is 4.36. The summed E-state index contributed by atoms with van der Waals surface area (Å²) in [4.78, 5) is 14.7. The molecule has 0 aliphatic carbocycles. The van der Waals surface area contributed by atoms with Crippen molar-refractivity contribution in [3.8, 4) is 11.4 Å². The second kappa shape index (κ2) is 10.9. The van der Waals surface area contributed by atoms with E-state index in [1.165, 1.54) is 16.7 Å². The molecule has 174 valence electrons. The minimum atomic E-state index is -0.454. The number of aliphatic hydroxyl groups is 1. The van der Waals surface area contributed by atoms with Gasteiger partial charge in [-0.2, -0.15) is 0 Å². The van der Waals surface area contributed by atoms with E-state index in [-0.39, 0.29) is 0 Å². The van der Waals surface area contributed by atoms with Crippen molar-refractivity contribution in [2.45, 2.75) is 26.4 Å². The first-order valence-electron chi connectivity index (χ1n) is 11.7. The number of rotatable bonds is 8. The standard InChI is InChI=1S/C27H34N4O2/c1-20-9-11-22(12-10-20)17-25-21(2)28-26(23-7-5-4-6-8-23)29-27(25)31-15-13-30(14-16-31)18-24(32)19-33-3/h4-12,24,32H,13-19H2,1-3H3/t24-/m1/s1. The molecule has 3 aromatic rings. The van der Waals surface area contributed by atoms with Crippen LogP contribution in [-0.4, -0.2) is 72.5 Å². The molecule has 1 saturated heterocycles. The van der Waals surface area contributed by atoms with Gasteiger partial charge in [0, 0.05) is 63.1 Å². The zero-order valence-electron chi connectivity index (χ0n) is 19.9. The number of methoxy groups -OCH3 is 1. The Hall–Kier alpha value is -2.80. The lowest BCUT2D eigenvalue weighted by Crippen LogP contribution is -2.49. The van der Waals surface area contributed by atoms with E-state index in [1.54, 1.807) is 7.11 Å². The molecule has 0 saturated carbocycles. The monoisotopic (exact) mass is 446 g/mol. The normalized spacial score (nSPS) is 15.6. The highest BCUT2D eigenvalue weighted by Crippen LogP contribution is 2.28. The third kappa shape index (κ3) is 5.96. The van der Waals surface area contributed by atoms with E-state index in [4.69, 9.17) is 14.7 Å². The van der Waals surface area contributed by atoms with Crippen LogP contribution < -0.4 is 4.90 Å². The van der Waals surface area contributed by atoms with Crippen molar-refractivity contribution in [1.82, 2.24) is 14.9 Å². The van der Waals surface area contributed by atoms with Crippen molar-refractivity contribution in [3.63, 3.8) is 0 Å². The summed E-state index contributed by atoms with van der Waals surface area (Å²) in [6, 6.07) is 18.9. The smallest absolute Gasteiger partial charge is 0.161 e. The third-order valence-corrected chi connectivity index (χ3v) is 6.23. The number of aromatic nitrogens is 2. The molecule has 0 unspecified atom stereocenters. The largest absolute Gasteiger partial charge is 0.389 e. The maximum absolute atomic E-state index is 10.1. The first kappa shape index (κ1) is 23.4. The zero-order chi connectivity index (χ0) is 23.2. The van der Waals surface area contributed by atoms with Crippen molar-refractivity contribution in [2.75, 3.05) is 51.3 Å². The molecule has 1 fully saturated rings. The molecule has 1 atom stereocenters. The molecule has 2 aromatic carbocycles. The van der Waals surface area contributed by atoms with Crippen LogP contribution in [0.25, 0.3) is 11.4 Å². The maximum atomic E-state index is 10.1. The average Bonchev–Trinajstić information content (AvgIpc) is 2.83. The molecule has 1 aromatic heterocycles. The van der Waals surface area contributed by atoms with E-state index in [1.807, 2.05) is 18.2 Å². The van der Waals surface area contributed by atoms with E-state index in [2.05, 4.69) is 60.0 Å². The van der Waals surface area contributed by atoms with Crippen LogP contribution in [0.1, 0.15) is 22.4 Å². The molecule has 4 rings (SSSR count). The lowest BCUT2D eigenvalue weighted by atomic mass is 10.0. The van der Waals surface area contributed by atoms with Crippen LogP contribution in [0, 0.1) is 13.8 Å². The number of hydrogen-bond acceptors (Lipinski definition) is 6. The number of piperazine rings is 1. The molecule has 6 nitrogen and oxygen atoms in total. The van der Waals surface area contributed by atoms with Gasteiger partial charge in [0.15, 0.2) is 5.82 Å². The number of benzene rings is 2. The number of nitrogens with zero attached hydrogens (tertiary/aromatic N) is 4. The van der Waals surface area contributed by atoms with Crippen LogP contribution in [0.2, 0.25) is 0 Å². The fraction of sp³-hybridized carbons (Fsp3) is 0.407. The molecule has 0 amide bonds. The van der Waals surface area contributed by atoms with Crippen molar-refractivity contribution in [2.24, 2.45) is 0 Å². The Kier molecular flexibility index (Phi) is 7.70. The summed E-state index contributed by atoms with van der Waals surface area (Å²) in [5.41, 5.74) is 5.77. The summed E-state index contributed by atoms with van der Waals surface area (Å²) >= 11 is 0. The molecule has 33 heavy (non-hydrogen) atoms. The van der Waals surface area contributed by atoms with E-state index >= 15 is 0 Å². The summed E-state index contributed by atoms with van der Waals surface area (Å²) in [6.45, 7) is 8.71. The van der Waals surface area contributed by atoms with Crippen LogP contribution in [0.5, 0.6) is 0 Å². The van der Waals surface area contributed by atoms with Gasteiger partial charge in [0.1, 0.15) is 5.82 Å². The Morgan fingerprint density at radius 2 is 1.64 bits per heavy atom. The van der Waals surface area contributed by atoms with Gasteiger partial charge < -0.3 is 14.7 Å². The number of hydrogen-bond donors (Lipinski definition) is 1. The Labute approximate surface area is 196 Å². The van der Waals surface area contributed by atoms with E-state index in [9.17, 15) is 5.11 Å². The number of ether oxygens (including phenoxy) is 1. The predicted molar refractivity (Wildman–Crippen MR) is 133 cm³/mol. The van der Waals surface area contributed by atoms with Crippen molar-refractivity contribution in [3.05, 3.63) is 77.0 Å². The first-order valence-corrected chi connectivity index (χ1v) is 11.7. The SMILES string of the molecule is COC[C@H](O)CN1CCN(c2nc(-c3ccccc3)nc(C)c2Cc2ccc(C)cc2)CC1. The van der Waals surface area contributed by atoms with Crippen LogP contribution in [-0.2, 0) is 11.2 Å². The second-order valence-corrected chi connectivity index (χ2v) is 8.86. The van der Waals surface area contributed by atoms with Gasteiger partial charge in [-0.25, -0.2) is 9.97 Å². The van der Waals surface area contributed by atoms with Crippen LogP contribution in [0.3, 0.4) is 0 Å². The van der Waals surface area contributed by atoms with E-state index in [0.29, 0.717) is 13.2 Å². The molecular weight excluding hydrogens is 412 g/mol. The minimum Gasteiger partial charge on any atom is -0.389 e. The summed E-state index contributed by atoms with van der Waals surface area (Å²) in [5.74, 6) is 1.80. The summed E-state index contributed by atoms with van der Waals surface area (Å²) in [7, 11) is 1.62. The topological polar surface area (TPSA) is 61.7 Å². The van der Waals surface area contributed by atoms with Gasteiger partial charge in [-0.1, -0.05) is 60.2 Å². The molecular formula is C27H34N4O2. The van der Waals surface area contributed by atoms with Crippen LogP contribution in [0.15, 0.2) is 54.6 Å². The summed E-state index contributed by atoms with van der Waals surface area (Å²) < 4.78 is 5.08. The summed E-state index contributed by atoms with van der Waals surface area (Å²) in [5, 5.41) is 10.1. The van der Waals surface area contributed by atoms with Gasteiger partial charge in [-0.3, -0.25) is 4.90 Å². The Balaban J connectivity index is 1.61. The molecule has 0 bridgehead atoms. The molecule has 2 heterocycles. The van der Waals surface area contributed by atoms with Gasteiger partial charge in [-0.05, 0) is 19.4 Å².